The third-order valence-electron chi connectivity index (χ3n) is 1.82. The molecule has 0 bridgehead atoms. The summed E-state index contributed by atoms with van der Waals surface area (Å²) in [6.45, 7) is 4.41. The zero-order valence-electron chi connectivity index (χ0n) is 6.83. The second kappa shape index (κ2) is 2.86. The molecule has 1 aromatic heterocycles. The molecule has 0 amide bonds. The molecule has 1 heterocycles. The van der Waals surface area contributed by atoms with Gasteiger partial charge in [0.05, 0.1) is 0 Å². The molecule has 3 heteroatoms. The lowest BCUT2D eigenvalue weighted by molar-refractivity contribution is 0.372. The summed E-state index contributed by atoms with van der Waals surface area (Å²) in [5.41, 5.74) is 0.796. The van der Waals surface area contributed by atoms with Gasteiger partial charge in [-0.25, -0.2) is 0 Å². The summed E-state index contributed by atoms with van der Waals surface area (Å²) in [5, 5.41) is 18.7. The van der Waals surface area contributed by atoms with Gasteiger partial charge < -0.3 is 10.2 Å². The van der Waals surface area contributed by atoms with Crippen LogP contribution in [0.3, 0.4) is 0 Å². The molecule has 0 saturated heterocycles. The number of rotatable bonds is 2. The van der Waals surface area contributed by atoms with Crippen LogP contribution in [0.5, 0.6) is 11.8 Å². The summed E-state index contributed by atoms with van der Waals surface area (Å²) >= 11 is 0. The zero-order chi connectivity index (χ0) is 8.43. The van der Waals surface area contributed by atoms with Crippen molar-refractivity contribution in [3.63, 3.8) is 0 Å². The minimum absolute atomic E-state index is 0.141. The van der Waals surface area contributed by atoms with Crippen molar-refractivity contribution in [3.05, 3.63) is 11.6 Å². The Morgan fingerprint density at radius 3 is 2.27 bits per heavy atom. The minimum atomic E-state index is 0.141. The fourth-order valence-corrected chi connectivity index (χ4v) is 1.15. The highest BCUT2D eigenvalue weighted by atomic mass is 16.3. The van der Waals surface area contributed by atoms with Crippen LogP contribution in [0.15, 0.2) is 6.07 Å². The van der Waals surface area contributed by atoms with Crippen molar-refractivity contribution in [2.45, 2.75) is 26.8 Å². The van der Waals surface area contributed by atoms with E-state index in [2.05, 4.69) is 0 Å². The summed E-state index contributed by atoms with van der Waals surface area (Å²) in [6, 6.07) is 1.60. The quantitative estimate of drug-likeness (QED) is 0.679. The summed E-state index contributed by atoms with van der Waals surface area (Å²) in [5.74, 6) is 0.328. The first-order valence-electron chi connectivity index (χ1n) is 3.81. The molecule has 0 aromatic carbocycles. The van der Waals surface area contributed by atoms with Crippen LogP contribution in [-0.4, -0.2) is 14.8 Å². The van der Waals surface area contributed by atoms with Crippen LogP contribution >= 0.6 is 0 Å². The van der Waals surface area contributed by atoms with Crippen LogP contribution < -0.4 is 0 Å². The van der Waals surface area contributed by atoms with Crippen LogP contribution in [0.1, 0.15) is 19.4 Å². The summed E-state index contributed by atoms with van der Waals surface area (Å²) in [7, 11) is 0. The van der Waals surface area contributed by atoms with Crippen LogP contribution in [0.2, 0.25) is 0 Å². The van der Waals surface area contributed by atoms with Gasteiger partial charge in [0, 0.05) is 18.2 Å². The number of aromatic nitrogens is 1. The molecule has 62 valence electrons. The van der Waals surface area contributed by atoms with Gasteiger partial charge in [0.15, 0.2) is 11.8 Å². The van der Waals surface area contributed by atoms with Gasteiger partial charge in [-0.3, -0.25) is 4.57 Å². The van der Waals surface area contributed by atoms with Gasteiger partial charge in [-0.15, -0.1) is 0 Å². The molecule has 0 atom stereocenters. The van der Waals surface area contributed by atoms with E-state index in [1.165, 1.54) is 4.57 Å². The van der Waals surface area contributed by atoms with Crippen LogP contribution in [0.25, 0.3) is 0 Å². The van der Waals surface area contributed by atoms with Crippen molar-refractivity contribution < 1.29 is 10.2 Å². The monoisotopic (exact) mass is 155 g/mol. The second-order valence-electron chi connectivity index (χ2n) is 2.45. The van der Waals surface area contributed by atoms with Crippen molar-refractivity contribution in [1.29, 1.82) is 0 Å². The largest absolute Gasteiger partial charge is 0.494 e. The smallest absolute Gasteiger partial charge is 0.197 e. The Labute approximate surface area is 65.9 Å². The minimum Gasteiger partial charge on any atom is -0.494 e. The zero-order valence-corrected chi connectivity index (χ0v) is 6.83. The Morgan fingerprint density at radius 1 is 1.36 bits per heavy atom. The molecule has 3 nitrogen and oxygen atoms in total. The highest BCUT2D eigenvalue weighted by molar-refractivity contribution is 5.34. The van der Waals surface area contributed by atoms with E-state index in [-0.39, 0.29) is 11.8 Å². The normalized spacial score (nSPS) is 10.4. The Balaban J connectivity index is 3.14. The molecular weight excluding hydrogens is 142 g/mol. The maximum atomic E-state index is 9.41. The van der Waals surface area contributed by atoms with E-state index in [1.54, 1.807) is 6.07 Å². The van der Waals surface area contributed by atoms with Gasteiger partial charge in [-0.1, -0.05) is 6.92 Å². The average Bonchev–Trinajstić information content (AvgIpc) is 2.26. The molecule has 2 N–H and O–H groups in total. The molecule has 11 heavy (non-hydrogen) atoms. The predicted molar refractivity (Wildman–Crippen MR) is 42.8 cm³/mol. The molecule has 1 rings (SSSR count). The summed E-state index contributed by atoms with van der Waals surface area (Å²) in [4.78, 5) is 0. The van der Waals surface area contributed by atoms with E-state index in [1.807, 2.05) is 13.8 Å². The van der Waals surface area contributed by atoms with Crippen molar-refractivity contribution in [1.82, 2.24) is 4.57 Å². The SMILES string of the molecule is CCc1cc(O)n(CC)c1O. The summed E-state index contributed by atoms with van der Waals surface area (Å²) < 4.78 is 1.47. The molecule has 0 aliphatic rings. The predicted octanol–water partition coefficient (Wildman–Crippen LogP) is 1.48. The van der Waals surface area contributed by atoms with Crippen molar-refractivity contribution >= 4 is 0 Å². The molecule has 0 unspecified atom stereocenters. The lowest BCUT2D eigenvalue weighted by Crippen LogP contribution is -1.91. The third kappa shape index (κ3) is 1.18. The molecule has 0 fully saturated rings. The first-order valence-corrected chi connectivity index (χ1v) is 3.81. The molecule has 0 radical (unpaired) electrons. The van der Waals surface area contributed by atoms with E-state index in [9.17, 15) is 10.2 Å². The molecular formula is C8H13NO2. The lowest BCUT2D eigenvalue weighted by Gasteiger charge is -2.01. The average molecular weight is 155 g/mol. The van der Waals surface area contributed by atoms with E-state index >= 15 is 0 Å². The Kier molecular flexibility index (Phi) is 2.08. The van der Waals surface area contributed by atoms with Gasteiger partial charge in [0.1, 0.15) is 0 Å². The van der Waals surface area contributed by atoms with Crippen LogP contribution in [0.4, 0.5) is 0 Å². The van der Waals surface area contributed by atoms with Crippen molar-refractivity contribution in [2.75, 3.05) is 0 Å². The van der Waals surface area contributed by atoms with Gasteiger partial charge in [-0.05, 0) is 13.3 Å². The number of nitrogens with zero attached hydrogens (tertiary/aromatic N) is 1. The van der Waals surface area contributed by atoms with E-state index in [0.717, 1.165) is 12.0 Å². The fraction of sp³-hybridized carbons (Fsp3) is 0.500. The maximum Gasteiger partial charge on any atom is 0.197 e. The van der Waals surface area contributed by atoms with Gasteiger partial charge in [-0.2, -0.15) is 0 Å². The third-order valence-corrected chi connectivity index (χ3v) is 1.82. The van der Waals surface area contributed by atoms with E-state index in [4.69, 9.17) is 0 Å². The lowest BCUT2D eigenvalue weighted by atomic mass is 10.2. The molecule has 0 aliphatic carbocycles. The van der Waals surface area contributed by atoms with Crippen molar-refractivity contribution in [2.24, 2.45) is 0 Å². The van der Waals surface area contributed by atoms with Gasteiger partial charge in [0.25, 0.3) is 0 Å². The van der Waals surface area contributed by atoms with E-state index in [0.29, 0.717) is 6.54 Å². The highest BCUT2D eigenvalue weighted by Gasteiger charge is 2.09. The first kappa shape index (κ1) is 7.98. The van der Waals surface area contributed by atoms with Crippen LogP contribution in [-0.2, 0) is 13.0 Å². The Bertz CT molecular complexity index is 253. The number of aromatic hydroxyl groups is 2. The van der Waals surface area contributed by atoms with Crippen molar-refractivity contribution in [3.8, 4) is 11.8 Å². The number of hydrogen-bond acceptors (Lipinski definition) is 2. The maximum absolute atomic E-state index is 9.41. The number of aryl methyl sites for hydroxylation is 1. The number of hydrogen-bond donors (Lipinski definition) is 2. The standard InChI is InChI=1S/C8H13NO2/c1-3-6-5-7(10)9(4-2)8(6)11/h5,10-11H,3-4H2,1-2H3. The first-order chi connectivity index (χ1) is 5.20. The Morgan fingerprint density at radius 2 is 2.00 bits per heavy atom. The fourth-order valence-electron chi connectivity index (χ4n) is 1.15. The Hall–Kier alpha value is -1.12. The van der Waals surface area contributed by atoms with Gasteiger partial charge >= 0.3 is 0 Å². The van der Waals surface area contributed by atoms with E-state index < -0.39 is 0 Å². The van der Waals surface area contributed by atoms with Crippen LogP contribution in [0, 0.1) is 0 Å². The van der Waals surface area contributed by atoms with Gasteiger partial charge in [0.2, 0.25) is 0 Å². The molecule has 0 spiro atoms. The summed E-state index contributed by atoms with van der Waals surface area (Å²) in [6.07, 6.45) is 0.742. The second-order valence-corrected chi connectivity index (χ2v) is 2.45. The molecule has 0 aliphatic heterocycles. The topological polar surface area (TPSA) is 45.4 Å². The molecule has 1 aromatic rings. The molecule has 0 saturated carbocycles. The highest BCUT2D eigenvalue weighted by Crippen LogP contribution is 2.27.